The highest BCUT2D eigenvalue weighted by Gasteiger charge is 2.86. The molecule has 2 aromatic rings. The minimum Gasteiger partial charge on any atom is -0.497 e. The zero-order valence-corrected chi connectivity index (χ0v) is 44.7. The van der Waals surface area contributed by atoms with E-state index in [1.165, 1.54) is 37.5 Å². The summed E-state index contributed by atoms with van der Waals surface area (Å²) in [5.74, 6) is 7.88. The lowest BCUT2D eigenvalue weighted by Crippen LogP contribution is -2.83. The Labute approximate surface area is 450 Å². The third kappa shape index (κ3) is 6.29. The van der Waals surface area contributed by atoms with E-state index < -0.39 is 51.0 Å². The van der Waals surface area contributed by atoms with Crippen molar-refractivity contribution in [3.63, 3.8) is 0 Å². The minimum atomic E-state index is -1.73. The lowest BCUT2D eigenvalue weighted by Gasteiger charge is -2.74. The van der Waals surface area contributed by atoms with Crippen molar-refractivity contribution in [1.29, 1.82) is 0 Å². The van der Waals surface area contributed by atoms with Crippen molar-refractivity contribution in [2.24, 2.45) is 93.2 Å². The van der Waals surface area contributed by atoms with Crippen molar-refractivity contribution in [2.75, 3.05) is 7.05 Å². The minimum absolute atomic E-state index is 0.0765. The average Bonchev–Trinajstić information content (AvgIpc) is 3.46. The Balaban J connectivity index is 0.904. The van der Waals surface area contributed by atoms with Crippen LogP contribution < -0.4 is 5.32 Å². The van der Waals surface area contributed by atoms with Crippen LogP contribution in [0.2, 0.25) is 0 Å². The highest BCUT2D eigenvalue weighted by molar-refractivity contribution is 5.86. The summed E-state index contributed by atoms with van der Waals surface area (Å²) in [7, 11) is 1.97. The van der Waals surface area contributed by atoms with Gasteiger partial charge >= 0.3 is 5.97 Å². The van der Waals surface area contributed by atoms with Crippen molar-refractivity contribution in [2.45, 2.75) is 176 Å². The maximum absolute atomic E-state index is 15.6. The first-order valence-corrected chi connectivity index (χ1v) is 30.4. The quantitative estimate of drug-likeness (QED) is 0.0856. The third-order valence-electron chi connectivity index (χ3n) is 26.0. The molecule has 9 saturated carbocycles. The fraction of sp³-hybridized carbons (Fsp3) is 0.672. The van der Waals surface area contributed by atoms with Crippen LogP contribution in [0.15, 0.2) is 84.7 Å². The van der Waals surface area contributed by atoms with Crippen LogP contribution in [0.5, 0.6) is 0 Å². The SMILES string of the molecule is CN[C@@H]1Cc2c(cccc2CO)C#CCC[C@]23CC[C@H]4[C@@](O)(C[C@@H]5C[C@@H]6[C@@H](C=CC[C@H]6C6CCCC6)C[C@@H]6[C@H]7OC=C[C@H]8C[C@@H]9C[C@@H](c%10ccccc%10)CC[C@H]9[C@@]78C[C@@]4(C=O)[C@]56O)[C@@]2(O)C[C@@H]2C[C@@H]1[C@H]1OC(=O)C=C1[C@@H]23. The van der Waals surface area contributed by atoms with Crippen LogP contribution in [0.25, 0.3) is 0 Å². The van der Waals surface area contributed by atoms with Crippen LogP contribution in [-0.4, -0.2) is 74.8 Å². The molecule has 0 amide bonds. The van der Waals surface area contributed by atoms with Gasteiger partial charge in [-0.2, -0.15) is 0 Å². The van der Waals surface area contributed by atoms with Crippen LogP contribution in [0.3, 0.4) is 0 Å². The van der Waals surface area contributed by atoms with Gasteiger partial charge in [0.1, 0.15) is 24.1 Å². The lowest BCUT2D eigenvalue weighted by molar-refractivity contribution is -0.360. The summed E-state index contributed by atoms with van der Waals surface area (Å²) in [5.41, 5.74) is -2.39. The van der Waals surface area contributed by atoms with E-state index in [0.717, 1.165) is 67.2 Å². The molecule has 4 bridgehead atoms. The number of aldehydes is 1. The Morgan fingerprint density at radius 2 is 1.70 bits per heavy atom. The van der Waals surface area contributed by atoms with Gasteiger partial charge in [-0.3, -0.25) is 0 Å². The maximum Gasteiger partial charge on any atom is 0.331 e. The van der Waals surface area contributed by atoms with E-state index in [2.05, 4.69) is 65.7 Å². The fourth-order valence-corrected chi connectivity index (χ4v) is 23.5. The number of likely N-dealkylation sites (N-methyl/N-ethyl adjacent to an activating group) is 1. The molecule has 14 aliphatic rings. The van der Waals surface area contributed by atoms with Gasteiger partial charge in [0.05, 0.1) is 29.5 Å². The number of esters is 1. The van der Waals surface area contributed by atoms with Gasteiger partial charge in [-0.25, -0.2) is 4.79 Å². The van der Waals surface area contributed by atoms with Gasteiger partial charge in [0, 0.05) is 52.7 Å². The molecule has 402 valence electrons. The summed E-state index contributed by atoms with van der Waals surface area (Å²) < 4.78 is 13.7. The Morgan fingerprint density at radius 3 is 2.51 bits per heavy atom. The second kappa shape index (κ2) is 17.5. The van der Waals surface area contributed by atoms with E-state index in [0.29, 0.717) is 81.0 Å². The predicted octanol–water partition coefficient (Wildman–Crippen LogP) is 9.69. The lowest BCUT2D eigenvalue weighted by atomic mass is 9.32. The van der Waals surface area contributed by atoms with E-state index in [4.69, 9.17) is 9.47 Å². The summed E-state index contributed by atoms with van der Waals surface area (Å²) in [4.78, 5) is 29.5. The Morgan fingerprint density at radius 1 is 0.842 bits per heavy atom. The molecule has 9 nitrogen and oxygen atoms in total. The summed E-state index contributed by atoms with van der Waals surface area (Å²) in [6.45, 7) is -0.100. The number of benzene rings is 2. The number of nitrogens with one attached hydrogen (secondary N) is 1. The van der Waals surface area contributed by atoms with Gasteiger partial charge in [-0.05, 0) is 203 Å². The van der Waals surface area contributed by atoms with E-state index in [-0.39, 0.29) is 72.6 Å². The first kappa shape index (κ1) is 49.0. The molecule has 2 spiro atoms. The number of ether oxygens (including phenoxy) is 2. The molecule has 0 radical (unpaired) electrons. The summed E-state index contributed by atoms with van der Waals surface area (Å²) in [6.07, 6.45) is 27.6. The summed E-state index contributed by atoms with van der Waals surface area (Å²) >= 11 is 0. The molecule has 0 unspecified atom stereocenters. The number of fused-ring (bicyclic) bond motifs is 9. The molecule has 9 fully saturated rings. The molecule has 2 heterocycles. The number of carbonyl (C=O) groups excluding carboxylic acids is 2. The third-order valence-corrected chi connectivity index (χ3v) is 26.0. The number of rotatable bonds is 5. The van der Waals surface area contributed by atoms with E-state index >= 15 is 9.90 Å². The molecule has 0 saturated heterocycles. The molecular weight excluding hydrogens is 947 g/mol. The molecule has 2 aromatic carbocycles. The topological polar surface area (TPSA) is 146 Å². The van der Waals surface area contributed by atoms with Gasteiger partial charge in [-0.1, -0.05) is 92.1 Å². The number of allylic oxidation sites excluding steroid dienone is 3. The molecule has 0 aromatic heterocycles. The van der Waals surface area contributed by atoms with E-state index in [1.807, 2.05) is 31.5 Å². The molecule has 22 atom stereocenters. The van der Waals surface area contributed by atoms with Gasteiger partial charge in [0.15, 0.2) is 0 Å². The average molecular weight is 1030 g/mol. The van der Waals surface area contributed by atoms with Crippen LogP contribution in [0.4, 0.5) is 0 Å². The van der Waals surface area contributed by atoms with Gasteiger partial charge in [0.2, 0.25) is 0 Å². The van der Waals surface area contributed by atoms with Crippen molar-refractivity contribution < 1.29 is 39.5 Å². The number of hydrogen-bond acceptors (Lipinski definition) is 9. The summed E-state index contributed by atoms with van der Waals surface area (Å²) in [6, 6.07) is 16.9. The van der Waals surface area contributed by atoms with Crippen molar-refractivity contribution in [1.82, 2.24) is 5.32 Å². The Hall–Kier alpha value is -4.04. The van der Waals surface area contributed by atoms with Gasteiger partial charge < -0.3 is 40.0 Å². The normalized spacial score (nSPS) is 50.0. The van der Waals surface area contributed by atoms with E-state index in [9.17, 15) is 20.1 Å². The van der Waals surface area contributed by atoms with Crippen LogP contribution in [0, 0.1) is 105 Å². The highest BCUT2D eigenvalue weighted by atomic mass is 16.5. The highest BCUT2D eigenvalue weighted by Crippen LogP contribution is 2.81. The van der Waals surface area contributed by atoms with Gasteiger partial charge in [0.25, 0.3) is 0 Å². The monoisotopic (exact) mass is 1030 g/mol. The smallest absolute Gasteiger partial charge is 0.331 e. The standard InChI is InChI=1S/C67H81NO8/c1-68-56-32-50-41(16-9-18-44(50)36-69)15-7-8-24-62-25-22-57-63(38-70)37-64-47(28-45-27-42(20-21-54(45)64)39-11-3-2-4-12-39)23-26-75-61(64)55-30-43-17-10-19-49(40-13-5-6-14-40)51(43)31-48(67(55,63)74)35-65(57,72)66(62,73)34-46-29-52(56)60-53(59(46)62)33-58(71)76-60/h2-4,9-12,16-18,23,26,33,38,40,42-43,45-49,51-52,54-57,59-61,68-69,72-74H,5-6,8,13-14,19-22,24-25,27-32,34-37H2,1H3/t42-,43-,45-,46-,47-,48-,49-,51+,52-,54+,55+,56+,57+,59+,60+,61+,62+,63-,64-,65-,66+,67-/m0/s1. The van der Waals surface area contributed by atoms with Crippen LogP contribution in [0.1, 0.15) is 150 Å². The molecular formula is C67H81NO8. The largest absolute Gasteiger partial charge is 0.497 e. The first-order valence-electron chi connectivity index (χ1n) is 30.4. The van der Waals surface area contributed by atoms with Crippen molar-refractivity contribution >= 4 is 12.3 Å². The van der Waals surface area contributed by atoms with Crippen LogP contribution >= 0.6 is 0 Å². The number of carbonyl (C=O) groups is 2. The fourth-order valence-electron chi connectivity index (χ4n) is 23.5. The number of hydrogen-bond donors (Lipinski definition) is 5. The number of aliphatic hydroxyl groups is 4. The van der Waals surface area contributed by atoms with Crippen molar-refractivity contribution in [3.8, 4) is 11.8 Å². The molecule has 9 heteroatoms. The predicted molar refractivity (Wildman–Crippen MR) is 287 cm³/mol. The zero-order valence-electron chi connectivity index (χ0n) is 44.7. The molecule has 5 N–H and O–H groups in total. The Kier molecular flexibility index (Phi) is 11.3. The molecule has 2 aliphatic heterocycles. The Bertz CT molecular complexity index is 2840. The van der Waals surface area contributed by atoms with E-state index in [1.54, 1.807) is 6.08 Å². The molecule has 12 aliphatic carbocycles. The second-order valence-electron chi connectivity index (χ2n) is 27.8. The molecule has 76 heavy (non-hydrogen) atoms. The summed E-state index contributed by atoms with van der Waals surface area (Å²) in [5, 5.41) is 59.2. The maximum atomic E-state index is 15.6. The van der Waals surface area contributed by atoms with Crippen molar-refractivity contribution in [3.05, 3.63) is 107 Å². The first-order chi connectivity index (χ1) is 36.9. The number of aliphatic hydroxyl groups excluding tert-OH is 1. The van der Waals surface area contributed by atoms with Gasteiger partial charge in [-0.15, -0.1) is 0 Å². The molecule has 16 rings (SSSR count). The second-order valence-corrected chi connectivity index (χ2v) is 27.8. The zero-order chi connectivity index (χ0) is 51.6. The van der Waals surface area contributed by atoms with Crippen LogP contribution in [-0.2, 0) is 32.1 Å².